The minimum Gasteiger partial charge on any atom is -0.444 e. The zero-order valence-electron chi connectivity index (χ0n) is 31.1. The van der Waals surface area contributed by atoms with Crippen LogP contribution in [0.4, 0.5) is 16.2 Å². The number of hydrogen-bond acceptors (Lipinski definition) is 10. The highest BCUT2D eigenvalue weighted by Crippen LogP contribution is 2.32. The van der Waals surface area contributed by atoms with Gasteiger partial charge >= 0.3 is 6.09 Å². The summed E-state index contributed by atoms with van der Waals surface area (Å²) < 4.78 is 10.3. The molecule has 0 N–H and O–H groups in total. The molecule has 3 aromatic carbocycles. The van der Waals surface area contributed by atoms with E-state index < -0.39 is 0 Å². The molecule has 0 radical (unpaired) electrons. The number of benzene rings is 3. The molecule has 9 rings (SSSR count). The lowest BCUT2D eigenvalue weighted by Gasteiger charge is -2.29. The summed E-state index contributed by atoms with van der Waals surface area (Å²) in [6.45, 7) is 12.2. The Balaban J connectivity index is 0.000000122. The minimum absolute atomic E-state index is 0.160. The van der Waals surface area contributed by atoms with Crippen LogP contribution in [0.25, 0.3) is 30.6 Å². The van der Waals surface area contributed by atoms with Crippen molar-refractivity contribution in [3.05, 3.63) is 75.6 Å². The molecule has 0 aliphatic carbocycles. The number of halogens is 1. The molecule has 0 bridgehead atoms. The van der Waals surface area contributed by atoms with Gasteiger partial charge in [0.1, 0.15) is 5.60 Å². The van der Waals surface area contributed by atoms with E-state index in [9.17, 15) is 4.79 Å². The van der Waals surface area contributed by atoms with Crippen molar-refractivity contribution < 1.29 is 9.53 Å². The van der Waals surface area contributed by atoms with Gasteiger partial charge in [-0.15, -0.1) is 34.0 Å². The van der Waals surface area contributed by atoms with Crippen molar-refractivity contribution in [1.82, 2.24) is 19.9 Å². The standard InChI is InChI=1S/2C12H14N2S.C10H19NO2.C7H4BrNS/c2*1-2-7-14(8-3-1)11-6-4-5-10-12(11)15-9-13-10;1-10(2,3)13-9(12)11-7-5-4-6-8-11;8-5-2-1-3-6-7(5)10-4-9-6/h2*4-6,9H,1-3,7-8H2;4-8H2,1-3H3;1-4H. The molecule has 3 fully saturated rings. The van der Waals surface area contributed by atoms with Crippen molar-refractivity contribution in [2.24, 2.45) is 0 Å². The van der Waals surface area contributed by atoms with Crippen molar-refractivity contribution >= 4 is 98.1 Å². The third-order valence-corrected chi connectivity index (χ3v) is 12.9. The van der Waals surface area contributed by atoms with Gasteiger partial charge in [0, 0.05) is 43.7 Å². The Labute approximate surface area is 334 Å². The molecular formula is C41H51BrN6O2S3. The summed E-state index contributed by atoms with van der Waals surface area (Å²) in [5.41, 5.74) is 11.5. The highest BCUT2D eigenvalue weighted by atomic mass is 79.9. The molecule has 3 aromatic heterocycles. The van der Waals surface area contributed by atoms with Crippen LogP contribution in [0.2, 0.25) is 0 Å². The second kappa shape index (κ2) is 19.3. The highest BCUT2D eigenvalue weighted by Gasteiger charge is 2.23. The van der Waals surface area contributed by atoms with Gasteiger partial charge in [0.15, 0.2) is 0 Å². The van der Waals surface area contributed by atoms with Crippen LogP contribution in [-0.4, -0.2) is 70.8 Å². The van der Waals surface area contributed by atoms with Crippen molar-refractivity contribution in [2.75, 3.05) is 49.1 Å². The third kappa shape index (κ3) is 11.1. The first-order valence-corrected chi connectivity index (χ1v) is 22.3. The summed E-state index contributed by atoms with van der Waals surface area (Å²) in [5.74, 6) is 0. The quantitative estimate of drug-likeness (QED) is 0.172. The van der Waals surface area contributed by atoms with Gasteiger partial charge in [-0.25, -0.2) is 19.7 Å². The molecule has 8 nitrogen and oxygen atoms in total. The molecule has 0 saturated carbocycles. The van der Waals surface area contributed by atoms with Gasteiger partial charge in [-0.2, -0.15) is 0 Å². The maximum absolute atomic E-state index is 11.5. The monoisotopic (exact) mass is 834 g/mol. The van der Waals surface area contributed by atoms with Crippen molar-refractivity contribution in [2.45, 2.75) is 84.2 Å². The van der Waals surface area contributed by atoms with E-state index in [0.717, 1.165) is 47.0 Å². The van der Waals surface area contributed by atoms with E-state index in [1.54, 1.807) is 38.9 Å². The molecule has 6 heterocycles. The Kier molecular flexibility index (Phi) is 14.4. The van der Waals surface area contributed by atoms with Crippen LogP contribution in [0.15, 0.2) is 75.6 Å². The van der Waals surface area contributed by atoms with Crippen LogP contribution < -0.4 is 9.80 Å². The number of likely N-dealkylation sites (tertiary alicyclic amines) is 1. The lowest BCUT2D eigenvalue weighted by molar-refractivity contribution is 0.0216. The second-order valence-corrected chi connectivity index (χ2v) is 17.9. The average Bonchev–Trinajstić information content (AvgIpc) is 3.98. The maximum atomic E-state index is 11.5. The lowest BCUT2D eigenvalue weighted by Crippen LogP contribution is -2.39. The van der Waals surface area contributed by atoms with E-state index in [-0.39, 0.29) is 11.7 Å². The second-order valence-electron chi connectivity index (χ2n) is 14.5. The molecular weight excluding hydrogens is 785 g/mol. The summed E-state index contributed by atoms with van der Waals surface area (Å²) in [5, 5.41) is 0. The number of thiazole rings is 3. The Morgan fingerprint density at radius 2 is 0.981 bits per heavy atom. The fourth-order valence-corrected chi connectivity index (χ4v) is 9.76. The number of carbonyl (C=O) groups is 1. The maximum Gasteiger partial charge on any atom is 0.410 e. The van der Waals surface area contributed by atoms with Crippen molar-refractivity contribution in [3.63, 3.8) is 0 Å². The zero-order chi connectivity index (χ0) is 37.0. The van der Waals surface area contributed by atoms with Gasteiger partial charge in [-0.3, -0.25) is 0 Å². The predicted octanol–water partition coefficient (Wildman–Crippen LogP) is 12.0. The van der Waals surface area contributed by atoms with Gasteiger partial charge in [0.25, 0.3) is 0 Å². The van der Waals surface area contributed by atoms with Gasteiger partial charge in [0.05, 0.1) is 58.6 Å². The SMILES string of the molecule is Brc1cccc2ncsc12.CC(C)(C)OC(=O)N1CCCCC1.c1cc(N2CCCCC2)c2scnc2c1.c1cc(N2CCCCC2)c2scnc2c1. The first-order chi connectivity index (χ1) is 25.8. The van der Waals surface area contributed by atoms with Crippen LogP contribution in [-0.2, 0) is 4.74 Å². The average molecular weight is 836 g/mol. The number of hydrogen-bond donors (Lipinski definition) is 0. The Hall–Kier alpha value is -3.32. The van der Waals surface area contributed by atoms with Gasteiger partial charge < -0.3 is 19.4 Å². The highest BCUT2D eigenvalue weighted by molar-refractivity contribution is 9.10. The van der Waals surface area contributed by atoms with E-state index in [2.05, 4.69) is 77.1 Å². The summed E-state index contributed by atoms with van der Waals surface area (Å²) in [4.78, 5) is 31.2. The number of amides is 1. The minimum atomic E-state index is -0.367. The Morgan fingerprint density at radius 1 is 0.585 bits per heavy atom. The van der Waals surface area contributed by atoms with Crippen LogP contribution >= 0.6 is 49.9 Å². The van der Waals surface area contributed by atoms with E-state index >= 15 is 0 Å². The summed E-state index contributed by atoms with van der Waals surface area (Å²) in [6, 6.07) is 18.9. The van der Waals surface area contributed by atoms with E-state index in [4.69, 9.17) is 4.74 Å². The fraction of sp³-hybridized carbons (Fsp3) is 0.463. The number of ether oxygens (including phenoxy) is 1. The molecule has 3 aliphatic rings. The number of fused-ring (bicyclic) bond motifs is 3. The number of rotatable bonds is 2. The van der Waals surface area contributed by atoms with Crippen LogP contribution in [0, 0.1) is 0 Å². The normalized spacial score (nSPS) is 16.3. The van der Waals surface area contributed by atoms with E-state index in [1.807, 2.05) is 55.5 Å². The summed E-state index contributed by atoms with van der Waals surface area (Å²) >= 11 is 8.61. The molecule has 0 unspecified atom stereocenters. The topological polar surface area (TPSA) is 74.7 Å². The van der Waals surface area contributed by atoms with Crippen LogP contribution in [0.1, 0.15) is 78.6 Å². The molecule has 0 spiro atoms. The van der Waals surface area contributed by atoms with Crippen molar-refractivity contribution in [3.8, 4) is 0 Å². The molecule has 0 atom stereocenters. The van der Waals surface area contributed by atoms with Gasteiger partial charge in [0.2, 0.25) is 0 Å². The summed E-state index contributed by atoms with van der Waals surface area (Å²) in [7, 11) is 0. The number of anilines is 2. The zero-order valence-corrected chi connectivity index (χ0v) is 35.2. The van der Waals surface area contributed by atoms with Gasteiger partial charge in [-0.05, 0) is 131 Å². The first-order valence-electron chi connectivity index (χ1n) is 18.9. The van der Waals surface area contributed by atoms with Crippen LogP contribution in [0.5, 0.6) is 0 Å². The lowest BCUT2D eigenvalue weighted by atomic mass is 10.1. The number of aromatic nitrogens is 3. The number of nitrogens with zero attached hydrogens (tertiary/aromatic N) is 6. The van der Waals surface area contributed by atoms with Crippen LogP contribution in [0.3, 0.4) is 0 Å². The smallest absolute Gasteiger partial charge is 0.410 e. The summed E-state index contributed by atoms with van der Waals surface area (Å²) in [6.07, 6.45) is 11.4. The first kappa shape index (κ1) is 39.4. The number of piperidine rings is 3. The van der Waals surface area contributed by atoms with E-state index in [1.165, 1.54) is 96.6 Å². The molecule has 3 saturated heterocycles. The molecule has 12 heteroatoms. The largest absolute Gasteiger partial charge is 0.444 e. The van der Waals surface area contributed by atoms with Crippen molar-refractivity contribution in [1.29, 1.82) is 0 Å². The molecule has 6 aromatic rings. The Morgan fingerprint density at radius 3 is 1.42 bits per heavy atom. The third-order valence-electron chi connectivity index (χ3n) is 9.38. The molecule has 3 aliphatic heterocycles. The molecule has 282 valence electrons. The van der Waals surface area contributed by atoms with E-state index in [0.29, 0.717) is 0 Å². The number of carbonyl (C=O) groups excluding carboxylic acids is 1. The van der Waals surface area contributed by atoms with Gasteiger partial charge in [-0.1, -0.05) is 18.2 Å². The molecule has 53 heavy (non-hydrogen) atoms. The fourth-order valence-electron chi connectivity index (χ4n) is 6.76. The molecule has 1 amide bonds. The predicted molar refractivity (Wildman–Crippen MR) is 230 cm³/mol. The Bertz CT molecular complexity index is 1930.